The fourth-order valence-electron chi connectivity index (χ4n) is 4.03. The van der Waals surface area contributed by atoms with E-state index in [1.807, 2.05) is 4.90 Å². The first kappa shape index (κ1) is 21.1. The Morgan fingerprint density at radius 2 is 1.71 bits per heavy atom. The van der Waals surface area contributed by atoms with Crippen LogP contribution in [-0.4, -0.2) is 48.1 Å². The molecule has 0 radical (unpaired) electrons. The number of aromatic nitrogens is 1. The summed E-state index contributed by atoms with van der Waals surface area (Å²) < 4.78 is 24.1. The van der Waals surface area contributed by atoms with Crippen LogP contribution in [0.15, 0.2) is 23.4 Å². The molecule has 0 spiro atoms. The molecule has 0 bridgehead atoms. The van der Waals surface area contributed by atoms with Crippen molar-refractivity contribution in [3.63, 3.8) is 0 Å². The zero-order chi connectivity index (χ0) is 20.4. The Labute approximate surface area is 169 Å². The van der Waals surface area contributed by atoms with Gasteiger partial charge in [-0.1, -0.05) is 19.3 Å². The second-order valence-electron chi connectivity index (χ2n) is 9.08. The van der Waals surface area contributed by atoms with Crippen molar-refractivity contribution >= 4 is 21.4 Å². The van der Waals surface area contributed by atoms with Gasteiger partial charge in [-0.15, -0.1) is 0 Å². The van der Waals surface area contributed by atoms with Gasteiger partial charge in [0.1, 0.15) is 0 Å². The lowest BCUT2D eigenvalue weighted by Gasteiger charge is -2.35. The molecular weight excluding hydrogens is 374 g/mol. The lowest BCUT2D eigenvalue weighted by Crippen LogP contribution is -2.45. The molecule has 3 rings (SSSR count). The fraction of sp³-hybridized carbons (Fsp3) is 0.714. The summed E-state index contributed by atoms with van der Waals surface area (Å²) in [5.74, 6) is 0.580. The number of hydrogen-bond acceptors (Lipinski definition) is 5. The number of carbonyl (C=O) groups excluding carboxylic acids is 1. The highest BCUT2D eigenvalue weighted by molar-refractivity contribution is 7.92. The Hall–Kier alpha value is -1.63. The Kier molecular flexibility index (Phi) is 6.32. The maximum atomic E-state index is 12.7. The molecule has 0 unspecified atom stereocenters. The van der Waals surface area contributed by atoms with Crippen LogP contribution in [0.25, 0.3) is 0 Å². The van der Waals surface area contributed by atoms with Crippen molar-refractivity contribution in [2.24, 2.45) is 5.92 Å². The van der Waals surface area contributed by atoms with Crippen molar-refractivity contribution in [2.75, 3.05) is 18.4 Å². The third-order valence-corrected chi connectivity index (χ3v) is 8.35. The summed E-state index contributed by atoms with van der Waals surface area (Å²) in [6.07, 6.45) is 9.13. The van der Waals surface area contributed by atoms with Crippen LogP contribution >= 0.6 is 0 Å². The van der Waals surface area contributed by atoms with Crippen LogP contribution in [0.1, 0.15) is 65.7 Å². The van der Waals surface area contributed by atoms with Crippen LogP contribution in [0.4, 0.5) is 5.69 Å². The molecule has 2 fully saturated rings. The number of sulfone groups is 1. The van der Waals surface area contributed by atoms with Gasteiger partial charge in [-0.3, -0.25) is 4.79 Å². The maximum absolute atomic E-state index is 12.7. The van der Waals surface area contributed by atoms with E-state index in [1.54, 1.807) is 39.1 Å². The van der Waals surface area contributed by atoms with E-state index in [0.717, 1.165) is 44.5 Å². The molecule has 1 saturated carbocycles. The molecule has 1 N–H and O–H groups in total. The summed E-state index contributed by atoms with van der Waals surface area (Å²) in [6, 6.07) is 3.64. The third-order valence-electron chi connectivity index (χ3n) is 5.95. The van der Waals surface area contributed by atoms with E-state index in [1.165, 1.54) is 19.3 Å². The van der Waals surface area contributed by atoms with E-state index < -0.39 is 14.6 Å². The molecule has 1 aliphatic heterocycles. The van der Waals surface area contributed by atoms with E-state index >= 15 is 0 Å². The number of anilines is 1. The van der Waals surface area contributed by atoms with Crippen LogP contribution in [0, 0.1) is 5.92 Å². The van der Waals surface area contributed by atoms with Gasteiger partial charge in [0.25, 0.3) is 0 Å². The summed E-state index contributed by atoms with van der Waals surface area (Å²) in [5.41, 5.74) is 0.824. The largest absolute Gasteiger partial charge is 0.381 e. The van der Waals surface area contributed by atoms with Crippen molar-refractivity contribution < 1.29 is 13.2 Å². The molecule has 1 amide bonds. The number of hydrogen-bond donors (Lipinski definition) is 1. The topological polar surface area (TPSA) is 79.4 Å². The van der Waals surface area contributed by atoms with Gasteiger partial charge in [0, 0.05) is 25.0 Å². The second-order valence-corrected chi connectivity index (χ2v) is 11.7. The molecule has 7 heteroatoms. The van der Waals surface area contributed by atoms with Gasteiger partial charge in [-0.25, -0.2) is 13.4 Å². The molecule has 28 heavy (non-hydrogen) atoms. The van der Waals surface area contributed by atoms with Crippen LogP contribution in [0.3, 0.4) is 0 Å². The zero-order valence-corrected chi connectivity index (χ0v) is 18.1. The van der Waals surface area contributed by atoms with Crippen LogP contribution in [-0.2, 0) is 14.6 Å². The monoisotopic (exact) mass is 407 g/mol. The highest BCUT2D eigenvalue weighted by atomic mass is 32.2. The standard InChI is InChI=1S/C21H33N3O3S/c1-21(2,3)28(26,27)19-10-9-18(15-22-19)23-17-11-13-24(14-12-17)20(25)16-7-5-4-6-8-16/h9-10,15-17,23H,4-8,11-14H2,1-3H3. The third kappa shape index (κ3) is 4.67. The summed E-state index contributed by atoms with van der Waals surface area (Å²) in [6.45, 7) is 6.61. The molecule has 0 aromatic carbocycles. The lowest BCUT2D eigenvalue weighted by molar-refractivity contribution is -0.137. The molecule has 1 aliphatic carbocycles. The molecule has 156 valence electrons. The van der Waals surface area contributed by atoms with Crippen molar-refractivity contribution in [3.05, 3.63) is 18.3 Å². The number of rotatable bonds is 4. The minimum Gasteiger partial charge on any atom is -0.381 e. The molecule has 1 aromatic rings. The van der Waals surface area contributed by atoms with E-state index in [4.69, 9.17) is 0 Å². The van der Waals surface area contributed by atoms with E-state index in [-0.39, 0.29) is 17.0 Å². The zero-order valence-electron chi connectivity index (χ0n) is 17.3. The van der Waals surface area contributed by atoms with Crippen molar-refractivity contribution in [3.8, 4) is 0 Å². The molecule has 2 heterocycles. The smallest absolute Gasteiger partial charge is 0.225 e. The predicted octanol–water partition coefficient (Wildman–Crippen LogP) is 3.64. The van der Waals surface area contributed by atoms with Crippen molar-refractivity contribution in [1.29, 1.82) is 0 Å². The van der Waals surface area contributed by atoms with Crippen molar-refractivity contribution in [1.82, 2.24) is 9.88 Å². The van der Waals surface area contributed by atoms with Gasteiger partial charge < -0.3 is 10.2 Å². The molecule has 6 nitrogen and oxygen atoms in total. The van der Waals surface area contributed by atoms with Gasteiger partial charge >= 0.3 is 0 Å². The quantitative estimate of drug-likeness (QED) is 0.824. The van der Waals surface area contributed by atoms with E-state index in [9.17, 15) is 13.2 Å². The van der Waals surface area contributed by atoms with Crippen molar-refractivity contribution in [2.45, 2.75) is 81.5 Å². The number of pyridine rings is 1. The molecule has 1 aromatic heterocycles. The summed E-state index contributed by atoms with van der Waals surface area (Å²) in [7, 11) is -3.44. The van der Waals surface area contributed by atoms with E-state index in [2.05, 4.69) is 10.3 Å². The number of piperidine rings is 1. The number of nitrogens with one attached hydrogen (secondary N) is 1. The van der Waals surface area contributed by atoms with Gasteiger partial charge in [-0.05, 0) is 58.6 Å². The number of carbonyl (C=O) groups is 1. The minimum atomic E-state index is -3.44. The normalized spacial score (nSPS) is 20.2. The maximum Gasteiger partial charge on any atom is 0.225 e. The average Bonchev–Trinajstić information content (AvgIpc) is 2.68. The molecule has 2 aliphatic rings. The Morgan fingerprint density at radius 1 is 1.07 bits per heavy atom. The highest BCUT2D eigenvalue weighted by Gasteiger charge is 2.32. The number of amides is 1. The summed E-state index contributed by atoms with van der Waals surface area (Å²) >= 11 is 0. The van der Waals surface area contributed by atoms with Crippen LogP contribution in [0.2, 0.25) is 0 Å². The molecule has 1 saturated heterocycles. The van der Waals surface area contributed by atoms with E-state index in [0.29, 0.717) is 5.91 Å². The number of nitrogens with zero attached hydrogens (tertiary/aromatic N) is 2. The Balaban J connectivity index is 1.53. The fourth-order valence-corrected chi connectivity index (χ4v) is 5.09. The van der Waals surface area contributed by atoms with Gasteiger partial charge in [0.15, 0.2) is 14.9 Å². The Bertz CT molecular complexity index is 770. The first-order valence-electron chi connectivity index (χ1n) is 10.4. The molecule has 0 atom stereocenters. The minimum absolute atomic E-state index is 0.110. The van der Waals surface area contributed by atoms with Gasteiger partial charge in [0.05, 0.1) is 16.6 Å². The highest BCUT2D eigenvalue weighted by Crippen LogP contribution is 2.27. The first-order chi connectivity index (χ1) is 13.2. The Morgan fingerprint density at radius 3 is 2.25 bits per heavy atom. The predicted molar refractivity (Wildman–Crippen MR) is 111 cm³/mol. The first-order valence-corrected chi connectivity index (χ1v) is 11.9. The van der Waals surface area contributed by atoms with Gasteiger partial charge in [-0.2, -0.15) is 0 Å². The summed E-state index contributed by atoms with van der Waals surface area (Å²) in [5, 5.41) is 3.55. The van der Waals surface area contributed by atoms with Gasteiger partial charge in [0.2, 0.25) is 5.91 Å². The second kappa shape index (κ2) is 8.39. The van der Waals surface area contributed by atoms with Crippen LogP contribution in [0.5, 0.6) is 0 Å². The number of likely N-dealkylation sites (tertiary alicyclic amines) is 1. The molecular formula is C21H33N3O3S. The average molecular weight is 408 g/mol. The summed E-state index contributed by atoms with van der Waals surface area (Å²) in [4.78, 5) is 18.9. The van der Waals surface area contributed by atoms with Crippen LogP contribution < -0.4 is 5.32 Å². The lowest BCUT2D eigenvalue weighted by atomic mass is 9.87. The SMILES string of the molecule is CC(C)(C)S(=O)(=O)c1ccc(NC2CCN(C(=O)C3CCCCC3)CC2)cn1.